The summed E-state index contributed by atoms with van der Waals surface area (Å²) in [7, 11) is 1.66. The van der Waals surface area contributed by atoms with Crippen LogP contribution in [0.15, 0.2) is 15.9 Å². The van der Waals surface area contributed by atoms with Gasteiger partial charge >= 0.3 is 0 Å². The van der Waals surface area contributed by atoms with Crippen LogP contribution in [0.4, 0.5) is 0 Å². The fraction of sp³-hybridized carbons (Fsp3) is 0.643. The monoisotopic (exact) mass is 375 g/mol. The molecule has 1 fully saturated rings. The van der Waals surface area contributed by atoms with Gasteiger partial charge in [-0.2, -0.15) is 0 Å². The first kappa shape index (κ1) is 16.9. The molecule has 0 saturated carbocycles. The van der Waals surface area contributed by atoms with Crippen molar-refractivity contribution >= 4 is 33.2 Å². The molecule has 3 atom stereocenters. The molecule has 5 nitrogen and oxygen atoms in total. The molecule has 0 aromatic carbocycles. The molecule has 1 amide bonds. The van der Waals surface area contributed by atoms with Gasteiger partial charge in [0.2, 0.25) is 5.91 Å². The number of rotatable bonds is 5. The second-order valence-electron chi connectivity index (χ2n) is 5.10. The van der Waals surface area contributed by atoms with Gasteiger partial charge in [-0.05, 0) is 34.5 Å². The van der Waals surface area contributed by atoms with E-state index >= 15 is 0 Å². The molecule has 3 unspecified atom stereocenters. The van der Waals surface area contributed by atoms with Gasteiger partial charge in [0.05, 0.1) is 23.0 Å². The lowest BCUT2D eigenvalue weighted by molar-refractivity contribution is -0.134. The van der Waals surface area contributed by atoms with Crippen molar-refractivity contribution in [1.82, 2.24) is 10.2 Å². The normalized spacial score (nSPS) is 22.8. The summed E-state index contributed by atoms with van der Waals surface area (Å²) in [6.07, 6.45) is 0.859. The molecule has 1 saturated heterocycles. The second kappa shape index (κ2) is 7.69. The molecule has 21 heavy (non-hydrogen) atoms. The molecular weight excluding hydrogens is 354 g/mol. The number of carbonyl (C=O) groups excluding carboxylic acids is 1. The van der Waals surface area contributed by atoms with E-state index in [0.29, 0.717) is 19.8 Å². The number of likely N-dealkylation sites (N-methyl/N-ethyl adjacent to an activating group) is 1. The fourth-order valence-corrected chi connectivity index (χ4v) is 4.29. The Morgan fingerprint density at radius 1 is 1.67 bits per heavy atom. The van der Waals surface area contributed by atoms with E-state index in [0.717, 1.165) is 10.2 Å². The van der Waals surface area contributed by atoms with Crippen LogP contribution in [0.2, 0.25) is 0 Å². The van der Waals surface area contributed by atoms with Gasteiger partial charge in [0, 0.05) is 24.5 Å². The number of morpholine rings is 1. The molecule has 1 aromatic heterocycles. The van der Waals surface area contributed by atoms with Crippen molar-refractivity contribution in [3.63, 3.8) is 0 Å². The van der Waals surface area contributed by atoms with E-state index in [1.165, 1.54) is 4.88 Å². The Labute approximate surface area is 138 Å². The Hall–Kier alpha value is -0.470. The summed E-state index contributed by atoms with van der Waals surface area (Å²) in [5, 5.41) is 2.73. The van der Waals surface area contributed by atoms with Crippen LogP contribution < -0.4 is 11.1 Å². The van der Waals surface area contributed by atoms with Crippen LogP contribution in [0, 0.1) is 0 Å². The lowest BCUT2D eigenvalue weighted by atomic mass is 10.00. The first-order chi connectivity index (χ1) is 10.1. The first-order valence-electron chi connectivity index (χ1n) is 7.14. The van der Waals surface area contributed by atoms with Crippen LogP contribution in [-0.4, -0.2) is 49.7 Å². The SMILES string of the molecule is CCC(N)C(c1ccc(Br)s1)N1CCOCC1C(=O)NC. The molecule has 118 valence electrons. The molecule has 2 rings (SSSR count). The number of carbonyl (C=O) groups is 1. The summed E-state index contributed by atoms with van der Waals surface area (Å²) >= 11 is 5.19. The van der Waals surface area contributed by atoms with E-state index in [1.807, 2.05) is 6.07 Å². The number of amides is 1. The van der Waals surface area contributed by atoms with E-state index in [-0.39, 0.29) is 24.0 Å². The number of nitrogens with two attached hydrogens (primary N) is 1. The fourth-order valence-electron chi connectivity index (χ4n) is 2.67. The molecule has 1 aliphatic heterocycles. The standard InChI is InChI=1S/C14H22BrN3O2S/c1-3-9(16)13(11-4-5-12(15)21-11)18-6-7-20-8-10(18)14(19)17-2/h4-5,9-10,13H,3,6-8,16H2,1-2H3,(H,17,19). The third-order valence-corrected chi connectivity index (χ3v) is 5.53. The minimum Gasteiger partial charge on any atom is -0.378 e. The summed E-state index contributed by atoms with van der Waals surface area (Å²) in [6, 6.07) is 3.86. The molecule has 2 heterocycles. The van der Waals surface area contributed by atoms with Crippen molar-refractivity contribution in [1.29, 1.82) is 0 Å². The number of thiophene rings is 1. The minimum absolute atomic E-state index is 0.0131. The zero-order valence-electron chi connectivity index (χ0n) is 12.3. The van der Waals surface area contributed by atoms with Crippen LogP contribution in [0.1, 0.15) is 24.3 Å². The second-order valence-corrected chi connectivity index (χ2v) is 7.60. The Morgan fingerprint density at radius 2 is 2.43 bits per heavy atom. The number of hydrogen-bond acceptors (Lipinski definition) is 5. The van der Waals surface area contributed by atoms with Gasteiger partial charge in [-0.15, -0.1) is 11.3 Å². The third-order valence-electron chi connectivity index (χ3n) is 3.84. The number of nitrogens with one attached hydrogen (secondary N) is 1. The summed E-state index contributed by atoms with van der Waals surface area (Å²) in [5.41, 5.74) is 6.37. The van der Waals surface area contributed by atoms with Crippen molar-refractivity contribution in [2.45, 2.75) is 31.5 Å². The highest BCUT2D eigenvalue weighted by molar-refractivity contribution is 9.11. The van der Waals surface area contributed by atoms with Crippen molar-refractivity contribution in [2.24, 2.45) is 5.73 Å². The van der Waals surface area contributed by atoms with E-state index in [9.17, 15) is 4.79 Å². The van der Waals surface area contributed by atoms with Crippen LogP contribution in [-0.2, 0) is 9.53 Å². The molecule has 7 heteroatoms. The van der Waals surface area contributed by atoms with Gasteiger partial charge in [0.1, 0.15) is 6.04 Å². The topological polar surface area (TPSA) is 67.6 Å². The predicted molar refractivity (Wildman–Crippen MR) is 88.4 cm³/mol. The summed E-state index contributed by atoms with van der Waals surface area (Å²) in [5.74, 6) is -0.0152. The molecule has 0 aliphatic carbocycles. The Morgan fingerprint density at radius 3 is 3.00 bits per heavy atom. The van der Waals surface area contributed by atoms with E-state index < -0.39 is 0 Å². The maximum Gasteiger partial charge on any atom is 0.239 e. The molecule has 1 aliphatic rings. The maximum absolute atomic E-state index is 12.1. The van der Waals surface area contributed by atoms with Crippen molar-refractivity contribution in [3.8, 4) is 0 Å². The third kappa shape index (κ3) is 3.84. The highest BCUT2D eigenvalue weighted by atomic mass is 79.9. The van der Waals surface area contributed by atoms with E-state index in [2.05, 4.69) is 39.1 Å². The minimum atomic E-state index is -0.285. The Kier molecular flexibility index (Phi) is 6.19. The molecule has 1 aromatic rings. The van der Waals surface area contributed by atoms with Crippen LogP contribution in [0.5, 0.6) is 0 Å². The van der Waals surface area contributed by atoms with Gasteiger partial charge in [-0.1, -0.05) is 6.92 Å². The molecule has 0 radical (unpaired) electrons. The van der Waals surface area contributed by atoms with Gasteiger partial charge in [0.15, 0.2) is 0 Å². The first-order valence-corrected chi connectivity index (χ1v) is 8.75. The highest BCUT2D eigenvalue weighted by Gasteiger charge is 2.37. The maximum atomic E-state index is 12.1. The Balaban J connectivity index is 2.31. The largest absolute Gasteiger partial charge is 0.378 e. The molecule has 3 N–H and O–H groups in total. The number of nitrogens with zero attached hydrogens (tertiary/aromatic N) is 1. The Bertz CT molecular complexity index is 483. The lowest BCUT2D eigenvalue weighted by Gasteiger charge is -2.41. The van der Waals surface area contributed by atoms with Crippen molar-refractivity contribution in [3.05, 3.63) is 20.8 Å². The number of hydrogen-bond donors (Lipinski definition) is 2. The van der Waals surface area contributed by atoms with E-state index in [1.54, 1.807) is 18.4 Å². The van der Waals surface area contributed by atoms with Gasteiger partial charge in [-0.3, -0.25) is 9.69 Å². The average Bonchev–Trinajstić information content (AvgIpc) is 2.93. The summed E-state index contributed by atoms with van der Waals surface area (Å²) in [6.45, 7) is 3.84. The zero-order valence-corrected chi connectivity index (χ0v) is 14.7. The summed E-state index contributed by atoms with van der Waals surface area (Å²) < 4.78 is 6.57. The smallest absolute Gasteiger partial charge is 0.239 e. The van der Waals surface area contributed by atoms with Gasteiger partial charge in [-0.25, -0.2) is 0 Å². The van der Waals surface area contributed by atoms with Crippen molar-refractivity contribution < 1.29 is 9.53 Å². The average molecular weight is 376 g/mol. The van der Waals surface area contributed by atoms with Crippen LogP contribution >= 0.6 is 27.3 Å². The number of halogens is 1. The van der Waals surface area contributed by atoms with Gasteiger partial charge < -0.3 is 15.8 Å². The molecule has 0 spiro atoms. The van der Waals surface area contributed by atoms with E-state index in [4.69, 9.17) is 10.5 Å². The van der Waals surface area contributed by atoms with Crippen LogP contribution in [0.25, 0.3) is 0 Å². The summed E-state index contributed by atoms with van der Waals surface area (Å²) in [4.78, 5) is 15.5. The number of ether oxygens (including phenoxy) is 1. The zero-order chi connectivity index (χ0) is 15.4. The van der Waals surface area contributed by atoms with Crippen molar-refractivity contribution in [2.75, 3.05) is 26.8 Å². The quantitative estimate of drug-likeness (QED) is 0.822. The highest BCUT2D eigenvalue weighted by Crippen LogP contribution is 2.35. The van der Waals surface area contributed by atoms with Gasteiger partial charge in [0.25, 0.3) is 0 Å². The lowest BCUT2D eigenvalue weighted by Crippen LogP contribution is -2.57. The predicted octanol–water partition coefficient (Wildman–Crippen LogP) is 1.74. The molecular formula is C14H22BrN3O2S. The van der Waals surface area contributed by atoms with Crippen LogP contribution in [0.3, 0.4) is 0 Å². The molecule has 0 bridgehead atoms.